The van der Waals surface area contributed by atoms with Crippen LogP contribution in [0.3, 0.4) is 0 Å². The molecule has 1 fully saturated rings. The van der Waals surface area contributed by atoms with Crippen LogP contribution in [0.2, 0.25) is 5.02 Å². The molecular weight excluding hydrogens is 431 g/mol. The predicted molar refractivity (Wildman–Crippen MR) is 103 cm³/mol. The summed E-state index contributed by atoms with van der Waals surface area (Å²) in [5.74, 6) is 0.761. The summed E-state index contributed by atoms with van der Waals surface area (Å²) in [6.45, 7) is 1.12. The van der Waals surface area contributed by atoms with Crippen molar-refractivity contribution in [1.29, 1.82) is 0 Å². The Hall–Kier alpha value is -2.04. The third-order valence-electron chi connectivity index (χ3n) is 4.60. The molecule has 0 unspecified atom stereocenters. The summed E-state index contributed by atoms with van der Waals surface area (Å²) in [4.78, 5) is 5.72. The van der Waals surface area contributed by atoms with Crippen molar-refractivity contribution in [2.45, 2.75) is 17.5 Å². The van der Waals surface area contributed by atoms with E-state index in [1.165, 1.54) is 23.5 Å². The lowest BCUT2D eigenvalue weighted by molar-refractivity contribution is -0.137. The lowest BCUT2D eigenvalue weighted by Crippen LogP contribution is -2.35. The van der Waals surface area contributed by atoms with Crippen molar-refractivity contribution in [3.63, 3.8) is 0 Å². The van der Waals surface area contributed by atoms with Crippen molar-refractivity contribution in [3.8, 4) is 5.75 Å². The Bertz CT molecular complexity index is 969. The minimum Gasteiger partial charge on any atom is -0.497 e. The van der Waals surface area contributed by atoms with Gasteiger partial charge in [0.1, 0.15) is 11.6 Å². The van der Waals surface area contributed by atoms with Crippen molar-refractivity contribution >= 4 is 27.4 Å². The van der Waals surface area contributed by atoms with Gasteiger partial charge in [-0.15, -0.1) is 0 Å². The van der Waals surface area contributed by atoms with Crippen LogP contribution in [-0.4, -0.2) is 51.0 Å². The molecule has 11 heteroatoms. The van der Waals surface area contributed by atoms with Crippen molar-refractivity contribution < 1.29 is 26.3 Å². The van der Waals surface area contributed by atoms with Gasteiger partial charge in [-0.2, -0.15) is 17.5 Å². The molecule has 0 N–H and O–H groups in total. The van der Waals surface area contributed by atoms with Crippen LogP contribution in [0.1, 0.15) is 12.0 Å². The molecule has 0 aliphatic carbocycles. The van der Waals surface area contributed by atoms with Gasteiger partial charge in [0, 0.05) is 32.4 Å². The highest BCUT2D eigenvalue weighted by Gasteiger charge is 2.33. The van der Waals surface area contributed by atoms with Gasteiger partial charge in [0.05, 0.1) is 22.6 Å². The second-order valence-electron chi connectivity index (χ2n) is 6.45. The maximum absolute atomic E-state index is 12.9. The molecule has 6 nitrogen and oxygen atoms in total. The average molecular weight is 450 g/mol. The van der Waals surface area contributed by atoms with Crippen LogP contribution in [0.25, 0.3) is 0 Å². The first-order valence-electron chi connectivity index (χ1n) is 8.75. The Balaban J connectivity index is 1.76. The Morgan fingerprint density at radius 2 is 1.79 bits per heavy atom. The van der Waals surface area contributed by atoms with Crippen LogP contribution < -0.4 is 9.64 Å². The summed E-state index contributed by atoms with van der Waals surface area (Å²) < 4.78 is 70.6. The van der Waals surface area contributed by atoms with E-state index >= 15 is 0 Å². The van der Waals surface area contributed by atoms with E-state index in [1.54, 1.807) is 17.0 Å². The number of hydrogen-bond donors (Lipinski definition) is 0. The second-order valence-corrected chi connectivity index (χ2v) is 8.79. The van der Waals surface area contributed by atoms with E-state index in [-0.39, 0.29) is 35.4 Å². The number of ether oxygens (including phenoxy) is 1. The van der Waals surface area contributed by atoms with Crippen LogP contribution in [0.4, 0.5) is 19.0 Å². The Kier molecular flexibility index (Phi) is 6.25. The number of methoxy groups -OCH3 is 1. The fourth-order valence-corrected chi connectivity index (χ4v) is 4.82. The van der Waals surface area contributed by atoms with Gasteiger partial charge in [0.15, 0.2) is 0 Å². The first kappa shape index (κ1) is 21.7. The number of nitrogens with zero attached hydrogens (tertiary/aromatic N) is 3. The van der Waals surface area contributed by atoms with Crippen LogP contribution in [0.15, 0.2) is 41.4 Å². The summed E-state index contributed by atoms with van der Waals surface area (Å²) in [5, 5.41) is -0.119. The van der Waals surface area contributed by atoms with Gasteiger partial charge < -0.3 is 9.64 Å². The Morgan fingerprint density at radius 1 is 1.10 bits per heavy atom. The van der Waals surface area contributed by atoms with Crippen molar-refractivity contribution in [1.82, 2.24) is 9.29 Å². The summed E-state index contributed by atoms with van der Waals surface area (Å²) in [6.07, 6.45) is -3.32. The number of hydrogen-bond acceptors (Lipinski definition) is 5. The highest BCUT2D eigenvalue weighted by atomic mass is 35.5. The van der Waals surface area contributed by atoms with Gasteiger partial charge in [-0.3, -0.25) is 0 Å². The molecule has 2 aromatic rings. The molecule has 3 rings (SSSR count). The van der Waals surface area contributed by atoms with Gasteiger partial charge in [-0.1, -0.05) is 11.6 Å². The predicted octanol–water partition coefficient (Wildman–Crippen LogP) is 3.66. The molecular formula is C18H19ClF3N3O3S. The molecule has 2 heterocycles. The molecule has 1 aliphatic heterocycles. The topological polar surface area (TPSA) is 62.7 Å². The summed E-state index contributed by atoms with van der Waals surface area (Å²) in [7, 11) is -2.21. The van der Waals surface area contributed by atoms with Crippen LogP contribution in [-0.2, 0) is 16.2 Å². The highest BCUT2D eigenvalue weighted by Crippen LogP contribution is 2.34. The van der Waals surface area contributed by atoms with E-state index in [0.29, 0.717) is 18.7 Å². The van der Waals surface area contributed by atoms with Crippen LogP contribution >= 0.6 is 11.6 Å². The lowest BCUT2D eigenvalue weighted by Gasteiger charge is -2.24. The minimum absolute atomic E-state index is 0.119. The van der Waals surface area contributed by atoms with Gasteiger partial charge in [-0.05, 0) is 36.8 Å². The third-order valence-corrected chi connectivity index (χ3v) is 6.79. The maximum atomic E-state index is 12.9. The quantitative estimate of drug-likeness (QED) is 0.712. The average Bonchev–Trinajstić information content (AvgIpc) is 2.94. The zero-order chi connectivity index (χ0) is 21.2. The molecule has 0 amide bonds. The fourth-order valence-electron chi connectivity index (χ4n) is 3.06. The number of sulfonamides is 1. The molecule has 0 radical (unpaired) electrons. The number of benzene rings is 1. The molecule has 29 heavy (non-hydrogen) atoms. The van der Waals surface area contributed by atoms with Gasteiger partial charge in [0.2, 0.25) is 10.0 Å². The maximum Gasteiger partial charge on any atom is 0.417 e. The number of anilines is 1. The van der Waals surface area contributed by atoms with E-state index in [4.69, 9.17) is 16.3 Å². The molecule has 1 aromatic carbocycles. The van der Waals surface area contributed by atoms with Crippen LogP contribution in [0, 0.1) is 0 Å². The highest BCUT2D eigenvalue weighted by molar-refractivity contribution is 7.89. The SMILES string of the molecule is COc1ccc(S(=O)(=O)N2CCCN(c3ncc(C(F)(F)F)cc3Cl)CC2)cc1. The van der Waals surface area contributed by atoms with Crippen molar-refractivity contribution in [2.75, 3.05) is 38.2 Å². The fraction of sp³-hybridized carbons (Fsp3) is 0.389. The monoisotopic (exact) mass is 449 g/mol. The van der Waals surface area contributed by atoms with Crippen molar-refractivity contribution in [3.05, 3.63) is 47.1 Å². The summed E-state index contributed by atoms with van der Waals surface area (Å²) in [6, 6.07) is 6.93. The van der Waals surface area contributed by atoms with Gasteiger partial charge in [-0.25, -0.2) is 13.4 Å². The number of alkyl halides is 3. The van der Waals surface area contributed by atoms with E-state index in [0.717, 1.165) is 12.3 Å². The number of rotatable bonds is 4. The number of pyridine rings is 1. The van der Waals surface area contributed by atoms with Gasteiger partial charge in [0.25, 0.3) is 0 Å². The zero-order valence-electron chi connectivity index (χ0n) is 15.5. The largest absolute Gasteiger partial charge is 0.497 e. The normalized spacial score (nSPS) is 16.5. The molecule has 0 saturated carbocycles. The molecule has 1 saturated heterocycles. The zero-order valence-corrected chi connectivity index (χ0v) is 17.1. The molecule has 1 aromatic heterocycles. The Morgan fingerprint density at radius 3 is 2.38 bits per heavy atom. The molecule has 158 valence electrons. The molecule has 0 bridgehead atoms. The molecule has 0 spiro atoms. The van der Waals surface area contributed by atoms with E-state index in [1.807, 2.05) is 0 Å². The van der Waals surface area contributed by atoms with E-state index in [9.17, 15) is 21.6 Å². The van der Waals surface area contributed by atoms with Crippen LogP contribution in [0.5, 0.6) is 5.75 Å². The second kappa shape index (κ2) is 8.37. The van der Waals surface area contributed by atoms with E-state index in [2.05, 4.69) is 4.98 Å². The summed E-state index contributed by atoms with van der Waals surface area (Å²) >= 11 is 6.02. The number of aromatic nitrogens is 1. The lowest BCUT2D eigenvalue weighted by atomic mass is 10.2. The van der Waals surface area contributed by atoms with E-state index < -0.39 is 21.8 Å². The van der Waals surface area contributed by atoms with Gasteiger partial charge >= 0.3 is 6.18 Å². The van der Waals surface area contributed by atoms with Crippen molar-refractivity contribution in [2.24, 2.45) is 0 Å². The smallest absolute Gasteiger partial charge is 0.417 e. The molecule has 1 aliphatic rings. The first-order valence-corrected chi connectivity index (χ1v) is 10.6. The molecule has 0 atom stereocenters. The first-order chi connectivity index (χ1) is 13.6. The minimum atomic E-state index is -4.53. The number of halogens is 4. The third kappa shape index (κ3) is 4.76. The Labute approximate surface area is 171 Å². The standard InChI is InChI=1S/C18H19ClF3N3O3S/c1-28-14-3-5-15(6-4-14)29(26,27)25-8-2-7-24(9-10-25)17-16(19)11-13(12-23-17)18(20,21)22/h3-6,11-12H,2,7-10H2,1H3. The summed E-state index contributed by atoms with van der Waals surface area (Å²) in [5.41, 5.74) is -0.926.